The molecule has 0 radical (unpaired) electrons. The molecule has 110 valence electrons. The molecular formula is C16H19N3O2. The molecule has 0 unspecified atom stereocenters. The van der Waals surface area contributed by atoms with Crippen LogP contribution in [0.15, 0.2) is 24.4 Å². The molecule has 1 fully saturated rings. The summed E-state index contributed by atoms with van der Waals surface area (Å²) in [7, 11) is 0. The Labute approximate surface area is 123 Å². The molecular weight excluding hydrogens is 266 g/mol. The van der Waals surface area contributed by atoms with Crippen LogP contribution in [0.4, 0.5) is 0 Å². The van der Waals surface area contributed by atoms with Crippen molar-refractivity contribution < 1.29 is 9.59 Å². The predicted molar refractivity (Wildman–Crippen MR) is 80.7 cm³/mol. The van der Waals surface area contributed by atoms with E-state index in [0.717, 1.165) is 16.5 Å². The molecule has 1 aliphatic heterocycles. The van der Waals surface area contributed by atoms with Gasteiger partial charge in [0, 0.05) is 23.6 Å². The summed E-state index contributed by atoms with van der Waals surface area (Å²) < 4.78 is 0. The Balaban J connectivity index is 1.76. The number of carbonyl (C=O) groups is 2. The fourth-order valence-corrected chi connectivity index (χ4v) is 2.76. The summed E-state index contributed by atoms with van der Waals surface area (Å²) in [4.78, 5) is 30.6. The average Bonchev–Trinajstić information content (AvgIpc) is 3.02. The zero-order valence-corrected chi connectivity index (χ0v) is 12.3. The minimum Gasteiger partial charge on any atom is -0.361 e. The number of hydrogen-bond donors (Lipinski definition) is 1. The number of likely N-dealkylation sites (N-methyl/N-ethyl adjacent to an activating group) is 1. The number of rotatable bonds is 3. The second-order valence-electron chi connectivity index (χ2n) is 5.52. The molecule has 1 aromatic heterocycles. The van der Waals surface area contributed by atoms with Crippen LogP contribution in [0, 0.1) is 6.92 Å². The molecule has 0 bridgehead atoms. The monoisotopic (exact) mass is 285 g/mol. The van der Waals surface area contributed by atoms with Gasteiger partial charge in [0.2, 0.25) is 11.8 Å². The van der Waals surface area contributed by atoms with Gasteiger partial charge in [0.05, 0.1) is 13.1 Å². The van der Waals surface area contributed by atoms with Crippen LogP contribution in [0.1, 0.15) is 18.1 Å². The summed E-state index contributed by atoms with van der Waals surface area (Å²) >= 11 is 0. The predicted octanol–water partition coefficient (Wildman–Crippen LogP) is 1.67. The van der Waals surface area contributed by atoms with Gasteiger partial charge >= 0.3 is 0 Å². The van der Waals surface area contributed by atoms with Crippen molar-refractivity contribution in [1.82, 2.24) is 14.8 Å². The molecule has 2 aromatic rings. The molecule has 1 aromatic carbocycles. The minimum absolute atomic E-state index is 0.000718. The Morgan fingerprint density at radius 1 is 1.38 bits per heavy atom. The lowest BCUT2D eigenvalue weighted by Crippen LogP contribution is -2.32. The first kappa shape index (κ1) is 13.7. The average molecular weight is 285 g/mol. The number of carbonyl (C=O) groups excluding carboxylic acids is 2. The van der Waals surface area contributed by atoms with Gasteiger partial charge in [-0.25, -0.2) is 0 Å². The van der Waals surface area contributed by atoms with Crippen LogP contribution in [0.25, 0.3) is 10.9 Å². The van der Waals surface area contributed by atoms with Crippen LogP contribution in [0.5, 0.6) is 0 Å². The zero-order valence-electron chi connectivity index (χ0n) is 12.3. The number of nitrogens with zero attached hydrogens (tertiary/aromatic N) is 2. The van der Waals surface area contributed by atoms with E-state index in [1.807, 2.05) is 32.2 Å². The SMILES string of the molecule is CCN1CN(C(=O)Cc2c[nH]c3cc(C)ccc23)CC1=O. The topological polar surface area (TPSA) is 56.4 Å². The van der Waals surface area contributed by atoms with Crippen molar-refractivity contribution in [3.63, 3.8) is 0 Å². The van der Waals surface area contributed by atoms with Crippen molar-refractivity contribution in [3.05, 3.63) is 35.5 Å². The van der Waals surface area contributed by atoms with E-state index in [9.17, 15) is 9.59 Å². The summed E-state index contributed by atoms with van der Waals surface area (Å²) in [5.41, 5.74) is 3.22. The van der Waals surface area contributed by atoms with Crippen molar-refractivity contribution in [2.45, 2.75) is 20.3 Å². The molecule has 21 heavy (non-hydrogen) atoms. The molecule has 2 heterocycles. The lowest BCUT2D eigenvalue weighted by Gasteiger charge is -2.16. The third-order valence-electron chi connectivity index (χ3n) is 4.02. The van der Waals surface area contributed by atoms with Gasteiger partial charge < -0.3 is 14.8 Å². The van der Waals surface area contributed by atoms with E-state index < -0.39 is 0 Å². The van der Waals surface area contributed by atoms with Crippen LogP contribution < -0.4 is 0 Å². The maximum atomic E-state index is 12.4. The summed E-state index contributed by atoms with van der Waals surface area (Å²) in [6.45, 7) is 5.23. The molecule has 5 heteroatoms. The second kappa shape index (κ2) is 5.24. The van der Waals surface area contributed by atoms with Crippen molar-refractivity contribution in [3.8, 4) is 0 Å². The second-order valence-corrected chi connectivity index (χ2v) is 5.52. The first-order valence-corrected chi connectivity index (χ1v) is 7.20. The normalized spacial score (nSPS) is 15.2. The summed E-state index contributed by atoms with van der Waals surface area (Å²) in [6.07, 6.45) is 2.21. The Morgan fingerprint density at radius 3 is 2.90 bits per heavy atom. The summed E-state index contributed by atoms with van der Waals surface area (Å²) in [6, 6.07) is 6.15. The molecule has 1 aliphatic rings. The van der Waals surface area contributed by atoms with Crippen LogP contribution in [0.3, 0.4) is 0 Å². The third-order valence-corrected chi connectivity index (χ3v) is 4.02. The lowest BCUT2D eigenvalue weighted by molar-refractivity contribution is -0.131. The van der Waals surface area contributed by atoms with Crippen molar-refractivity contribution in [2.75, 3.05) is 19.8 Å². The van der Waals surface area contributed by atoms with E-state index in [-0.39, 0.29) is 18.4 Å². The molecule has 0 saturated carbocycles. The standard InChI is InChI=1S/C16H19N3O2/c1-3-18-10-19(9-16(18)21)15(20)7-12-8-17-14-6-11(2)4-5-13(12)14/h4-6,8,17H,3,7,9-10H2,1-2H3. The Hall–Kier alpha value is -2.30. The van der Waals surface area contributed by atoms with Gasteiger partial charge in [-0.15, -0.1) is 0 Å². The highest BCUT2D eigenvalue weighted by Gasteiger charge is 2.29. The van der Waals surface area contributed by atoms with E-state index in [0.29, 0.717) is 19.6 Å². The molecule has 1 saturated heterocycles. The smallest absolute Gasteiger partial charge is 0.243 e. The van der Waals surface area contributed by atoms with E-state index in [1.165, 1.54) is 5.56 Å². The van der Waals surface area contributed by atoms with Gasteiger partial charge in [-0.3, -0.25) is 9.59 Å². The quantitative estimate of drug-likeness (QED) is 0.932. The third kappa shape index (κ3) is 2.51. The van der Waals surface area contributed by atoms with Gasteiger partial charge in [-0.1, -0.05) is 12.1 Å². The minimum atomic E-state index is 0.000718. The molecule has 0 atom stereocenters. The number of aryl methyl sites for hydroxylation is 1. The van der Waals surface area contributed by atoms with Crippen molar-refractivity contribution in [2.24, 2.45) is 0 Å². The van der Waals surface area contributed by atoms with E-state index >= 15 is 0 Å². The number of fused-ring (bicyclic) bond motifs is 1. The maximum Gasteiger partial charge on any atom is 0.243 e. The molecule has 0 aliphatic carbocycles. The van der Waals surface area contributed by atoms with Gasteiger partial charge in [0.1, 0.15) is 6.54 Å². The first-order valence-electron chi connectivity index (χ1n) is 7.20. The van der Waals surface area contributed by atoms with Crippen LogP contribution >= 0.6 is 0 Å². The summed E-state index contributed by atoms with van der Waals surface area (Å²) in [5.74, 6) is 0.0289. The molecule has 5 nitrogen and oxygen atoms in total. The maximum absolute atomic E-state index is 12.4. The van der Waals surface area contributed by atoms with E-state index in [4.69, 9.17) is 0 Å². The Kier molecular flexibility index (Phi) is 3.41. The van der Waals surface area contributed by atoms with E-state index in [1.54, 1.807) is 9.80 Å². The number of amides is 2. The number of nitrogens with one attached hydrogen (secondary N) is 1. The van der Waals surface area contributed by atoms with Crippen molar-refractivity contribution >= 4 is 22.7 Å². The number of H-pyrrole nitrogens is 1. The highest BCUT2D eigenvalue weighted by molar-refractivity contribution is 5.92. The summed E-state index contributed by atoms with van der Waals surface area (Å²) in [5, 5.41) is 1.08. The van der Waals surface area contributed by atoms with Gasteiger partial charge in [0.15, 0.2) is 0 Å². The van der Waals surface area contributed by atoms with Crippen molar-refractivity contribution in [1.29, 1.82) is 0 Å². The van der Waals surface area contributed by atoms with Gasteiger partial charge in [-0.05, 0) is 31.0 Å². The molecule has 3 rings (SSSR count). The fourth-order valence-electron chi connectivity index (χ4n) is 2.76. The highest BCUT2D eigenvalue weighted by Crippen LogP contribution is 2.21. The first-order chi connectivity index (χ1) is 10.1. The van der Waals surface area contributed by atoms with Crippen LogP contribution in [-0.4, -0.2) is 46.4 Å². The molecule has 2 amide bonds. The molecule has 0 spiro atoms. The van der Waals surface area contributed by atoms with Gasteiger partial charge in [-0.2, -0.15) is 0 Å². The number of benzene rings is 1. The Bertz CT molecular complexity index is 705. The van der Waals surface area contributed by atoms with E-state index in [2.05, 4.69) is 11.1 Å². The zero-order chi connectivity index (χ0) is 15.0. The highest BCUT2D eigenvalue weighted by atomic mass is 16.2. The largest absolute Gasteiger partial charge is 0.361 e. The van der Waals surface area contributed by atoms with Crippen LogP contribution in [0.2, 0.25) is 0 Å². The molecule has 1 N–H and O–H groups in total. The number of aromatic nitrogens is 1. The Morgan fingerprint density at radius 2 is 2.19 bits per heavy atom. The fraction of sp³-hybridized carbons (Fsp3) is 0.375. The number of hydrogen-bond acceptors (Lipinski definition) is 2. The van der Waals surface area contributed by atoms with Gasteiger partial charge in [0.25, 0.3) is 0 Å². The number of aromatic amines is 1. The lowest BCUT2D eigenvalue weighted by atomic mass is 10.1. The van der Waals surface area contributed by atoms with Crippen LogP contribution in [-0.2, 0) is 16.0 Å².